The van der Waals surface area contributed by atoms with Crippen LogP contribution < -0.4 is 0 Å². The van der Waals surface area contributed by atoms with Crippen molar-refractivity contribution in [2.45, 2.75) is 38.7 Å². The third-order valence-electron chi connectivity index (χ3n) is 2.33. The molecule has 0 unspecified atom stereocenters. The average Bonchev–Trinajstić information content (AvgIpc) is 2.04. The first kappa shape index (κ1) is 10.5. The topological polar surface area (TPSA) is 43.4 Å². The molecule has 13 heavy (non-hydrogen) atoms. The lowest BCUT2D eigenvalue weighted by Crippen LogP contribution is -2.25. The number of carbonyl (C=O) groups is 2. The number of esters is 1. The van der Waals surface area contributed by atoms with E-state index in [2.05, 4.69) is 0 Å². The molecule has 0 aromatic heterocycles. The zero-order valence-electron chi connectivity index (χ0n) is 7.59. The predicted octanol–water partition coefficient (Wildman–Crippen LogP) is 1.87. The predicted molar refractivity (Wildman–Crippen MR) is 48.4 cm³/mol. The summed E-state index contributed by atoms with van der Waals surface area (Å²) >= 11 is 5.36. The van der Waals surface area contributed by atoms with Crippen molar-refractivity contribution in [3.8, 4) is 0 Å². The van der Waals surface area contributed by atoms with Crippen molar-refractivity contribution >= 4 is 22.8 Å². The molecule has 0 aliphatic heterocycles. The summed E-state index contributed by atoms with van der Waals surface area (Å²) in [6, 6.07) is 0. The summed E-state index contributed by atoms with van der Waals surface area (Å²) in [4.78, 5) is 21.4. The van der Waals surface area contributed by atoms with Gasteiger partial charge in [-0.25, -0.2) is 0 Å². The van der Waals surface area contributed by atoms with E-state index in [1.165, 1.54) is 6.92 Å². The largest absolute Gasteiger partial charge is 0.463 e. The summed E-state index contributed by atoms with van der Waals surface area (Å²) < 4.78 is 5.03. The standard InChI is InChI=1S/C9H13ClO3/c1-6(11)13-8-4-2-7(3-5-8)9(10)12/h7-8H,2-5H2,1H3/t7-,8+. The second kappa shape index (κ2) is 4.61. The lowest BCUT2D eigenvalue weighted by Gasteiger charge is -2.25. The quantitative estimate of drug-likeness (QED) is 0.510. The van der Waals surface area contributed by atoms with Crippen molar-refractivity contribution in [3.05, 3.63) is 0 Å². The maximum Gasteiger partial charge on any atom is 0.302 e. The Morgan fingerprint density at radius 1 is 1.23 bits per heavy atom. The Hall–Kier alpha value is -0.570. The first-order valence-electron chi connectivity index (χ1n) is 4.46. The van der Waals surface area contributed by atoms with Crippen LogP contribution in [0.3, 0.4) is 0 Å². The number of hydrogen-bond donors (Lipinski definition) is 0. The van der Waals surface area contributed by atoms with E-state index in [9.17, 15) is 9.59 Å². The fourth-order valence-electron chi connectivity index (χ4n) is 1.64. The molecule has 1 rings (SSSR count). The monoisotopic (exact) mass is 204 g/mol. The molecular weight excluding hydrogens is 192 g/mol. The SMILES string of the molecule is CC(=O)O[C@H]1CC[C@@H](C(=O)Cl)CC1. The third-order valence-corrected chi connectivity index (χ3v) is 2.64. The lowest BCUT2D eigenvalue weighted by atomic mass is 9.88. The van der Waals surface area contributed by atoms with Crippen LogP contribution in [0.25, 0.3) is 0 Å². The highest BCUT2D eigenvalue weighted by molar-refractivity contribution is 6.63. The lowest BCUT2D eigenvalue weighted by molar-refractivity contribution is -0.148. The van der Waals surface area contributed by atoms with Gasteiger partial charge >= 0.3 is 5.97 Å². The number of rotatable bonds is 2. The second-order valence-corrected chi connectivity index (χ2v) is 3.76. The van der Waals surface area contributed by atoms with Crippen molar-refractivity contribution in [1.82, 2.24) is 0 Å². The van der Waals surface area contributed by atoms with Gasteiger partial charge in [0.1, 0.15) is 6.10 Å². The first-order chi connectivity index (χ1) is 6.09. The molecule has 0 spiro atoms. The summed E-state index contributed by atoms with van der Waals surface area (Å²) in [5, 5.41) is -0.263. The van der Waals surface area contributed by atoms with Gasteiger partial charge in [0.25, 0.3) is 0 Å². The maximum atomic E-state index is 10.8. The van der Waals surface area contributed by atoms with E-state index < -0.39 is 0 Å². The van der Waals surface area contributed by atoms with Crippen LogP contribution >= 0.6 is 11.6 Å². The van der Waals surface area contributed by atoms with E-state index in [4.69, 9.17) is 16.3 Å². The minimum absolute atomic E-state index is 0.00948. The van der Waals surface area contributed by atoms with E-state index in [0.29, 0.717) is 0 Å². The Morgan fingerprint density at radius 3 is 2.15 bits per heavy atom. The van der Waals surface area contributed by atoms with Gasteiger partial charge in [-0.05, 0) is 37.3 Å². The molecule has 4 heteroatoms. The van der Waals surface area contributed by atoms with Crippen molar-refractivity contribution in [1.29, 1.82) is 0 Å². The first-order valence-corrected chi connectivity index (χ1v) is 4.84. The van der Waals surface area contributed by atoms with Crippen molar-refractivity contribution in [2.75, 3.05) is 0 Å². The molecule has 0 N–H and O–H groups in total. The summed E-state index contributed by atoms with van der Waals surface area (Å²) in [6.07, 6.45) is 2.97. The fraction of sp³-hybridized carbons (Fsp3) is 0.778. The minimum atomic E-state index is -0.263. The van der Waals surface area contributed by atoms with Gasteiger partial charge in [-0.2, -0.15) is 0 Å². The molecule has 0 atom stereocenters. The van der Waals surface area contributed by atoms with Crippen LogP contribution in [0, 0.1) is 5.92 Å². The van der Waals surface area contributed by atoms with E-state index in [1.807, 2.05) is 0 Å². The Balaban J connectivity index is 2.30. The van der Waals surface area contributed by atoms with E-state index in [0.717, 1.165) is 25.7 Å². The van der Waals surface area contributed by atoms with Crippen LogP contribution in [0.2, 0.25) is 0 Å². The number of carbonyl (C=O) groups excluding carboxylic acids is 2. The molecule has 1 fully saturated rings. The van der Waals surface area contributed by atoms with Gasteiger partial charge < -0.3 is 4.74 Å². The van der Waals surface area contributed by atoms with Crippen molar-refractivity contribution in [3.63, 3.8) is 0 Å². The highest BCUT2D eigenvalue weighted by atomic mass is 35.5. The molecule has 74 valence electrons. The second-order valence-electron chi connectivity index (χ2n) is 3.39. The fourth-order valence-corrected chi connectivity index (χ4v) is 1.86. The third kappa shape index (κ3) is 3.35. The molecule has 0 aromatic rings. The summed E-state index contributed by atoms with van der Waals surface area (Å²) in [5.74, 6) is -0.283. The zero-order valence-corrected chi connectivity index (χ0v) is 8.34. The van der Waals surface area contributed by atoms with Crippen molar-refractivity contribution < 1.29 is 14.3 Å². The molecule has 3 nitrogen and oxygen atoms in total. The highest BCUT2D eigenvalue weighted by Crippen LogP contribution is 2.27. The van der Waals surface area contributed by atoms with Crippen LogP contribution in [0.5, 0.6) is 0 Å². The van der Waals surface area contributed by atoms with E-state index in [1.54, 1.807) is 0 Å². The molecule has 0 bridgehead atoms. The Morgan fingerprint density at radius 2 is 1.77 bits per heavy atom. The van der Waals surface area contributed by atoms with Crippen LogP contribution in [0.1, 0.15) is 32.6 Å². The van der Waals surface area contributed by atoms with Crippen LogP contribution in [-0.4, -0.2) is 17.3 Å². The Bertz CT molecular complexity index is 207. The molecule has 0 heterocycles. The maximum absolute atomic E-state index is 10.8. The van der Waals surface area contributed by atoms with Crippen LogP contribution in [0.4, 0.5) is 0 Å². The number of ether oxygens (including phenoxy) is 1. The molecule has 0 amide bonds. The zero-order chi connectivity index (χ0) is 9.84. The normalized spacial score (nSPS) is 28.2. The van der Waals surface area contributed by atoms with Gasteiger partial charge in [-0.1, -0.05) is 0 Å². The Kier molecular flexibility index (Phi) is 3.72. The van der Waals surface area contributed by atoms with Gasteiger partial charge in [0.15, 0.2) is 0 Å². The Labute approximate surface area is 82.4 Å². The van der Waals surface area contributed by atoms with Crippen molar-refractivity contribution in [2.24, 2.45) is 5.92 Å². The highest BCUT2D eigenvalue weighted by Gasteiger charge is 2.26. The molecule has 0 saturated heterocycles. The van der Waals surface area contributed by atoms with Gasteiger partial charge in [0.2, 0.25) is 5.24 Å². The van der Waals surface area contributed by atoms with E-state index in [-0.39, 0.29) is 23.2 Å². The van der Waals surface area contributed by atoms with Gasteiger partial charge in [-0.3, -0.25) is 9.59 Å². The van der Waals surface area contributed by atoms with E-state index >= 15 is 0 Å². The summed E-state index contributed by atoms with van der Waals surface area (Å²) in [6.45, 7) is 1.40. The van der Waals surface area contributed by atoms with Gasteiger partial charge in [0.05, 0.1) is 0 Å². The molecular formula is C9H13ClO3. The summed E-state index contributed by atoms with van der Waals surface area (Å²) in [7, 11) is 0. The van der Waals surface area contributed by atoms with Crippen LogP contribution in [-0.2, 0) is 14.3 Å². The number of hydrogen-bond acceptors (Lipinski definition) is 3. The van der Waals surface area contributed by atoms with Gasteiger partial charge in [-0.15, -0.1) is 0 Å². The summed E-state index contributed by atoms with van der Waals surface area (Å²) in [5.41, 5.74) is 0. The molecule has 1 saturated carbocycles. The average molecular weight is 205 g/mol. The smallest absolute Gasteiger partial charge is 0.302 e. The molecule has 1 aliphatic carbocycles. The van der Waals surface area contributed by atoms with Gasteiger partial charge in [0, 0.05) is 12.8 Å². The minimum Gasteiger partial charge on any atom is -0.463 e. The number of halogens is 1. The molecule has 1 aliphatic rings. The van der Waals surface area contributed by atoms with Crippen LogP contribution in [0.15, 0.2) is 0 Å². The molecule has 0 aromatic carbocycles. The molecule has 0 radical (unpaired) electrons.